The number of hydrogen-bond donors (Lipinski definition) is 1. The van der Waals surface area contributed by atoms with Crippen molar-refractivity contribution in [2.45, 2.75) is 26.2 Å². The first-order valence-electron chi connectivity index (χ1n) is 8.23. The standard InChI is InChI=1S/C19H18N2O5/c1-11-9-16(11)18-8-7-15(26-18)10-17(12(2)22)19(23)20-13-3-5-14(6-4-13)21(24)25/h3-8,10-11,16H,9H2,1-2H3,(H,20,23)/b17-10+/t11-,16+/m0/s1. The summed E-state index contributed by atoms with van der Waals surface area (Å²) < 4.78 is 5.72. The van der Waals surface area contributed by atoms with Gasteiger partial charge in [-0.1, -0.05) is 6.92 Å². The molecule has 7 heteroatoms. The average molecular weight is 354 g/mol. The third kappa shape index (κ3) is 3.88. The molecule has 1 heterocycles. The fraction of sp³-hybridized carbons (Fsp3) is 0.263. The maximum atomic E-state index is 12.4. The van der Waals surface area contributed by atoms with Crippen LogP contribution in [0.5, 0.6) is 0 Å². The first-order chi connectivity index (χ1) is 12.3. The molecule has 1 aromatic carbocycles. The van der Waals surface area contributed by atoms with Crippen molar-refractivity contribution in [1.82, 2.24) is 0 Å². The number of nitrogens with one attached hydrogen (secondary N) is 1. The number of non-ortho nitro benzene ring substituents is 1. The molecule has 0 unspecified atom stereocenters. The summed E-state index contributed by atoms with van der Waals surface area (Å²) in [7, 11) is 0. The molecule has 2 aromatic rings. The van der Waals surface area contributed by atoms with E-state index >= 15 is 0 Å². The summed E-state index contributed by atoms with van der Waals surface area (Å²) >= 11 is 0. The normalized spacial score (nSPS) is 19.1. The number of furan rings is 1. The second kappa shape index (κ2) is 6.95. The van der Waals surface area contributed by atoms with Gasteiger partial charge in [0, 0.05) is 23.7 Å². The van der Waals surface area contributed by atoms with Crippen molar-refractivity contribution in [3.05, 3.63) is 63.6 Å². The van der Waals surface area contributed by atoms with Gasteiger partial charge in [0.1, 0.15) is 11.5 Å². The van der Waals surface area contributed by atoms with Crippen LogP contribution in [0.25, 0.3) is 6.08 Å². The summed E-state index contributed by atoms with van der Waals surface area (Å²) in [5, 5.41) is 13.2. The Morgan fingerprint density at radius 3 is 2.42 bits per heavy atom. The van der Waals surface area contributed by atoms with Crippen LogP contribution in [-0.4, -0.2) is 16.6 Å². The van der Waals surface area contributed by atoms with Crippen molar-refractivity contribution in [3.63, 3.8) is 0 Å². The Hall–Kier alpha value is -3.22. The molecule has 0 radical (unpaired) electrons. The van der Waals surface area contributed by atoms with Crippen molar-refractivity contribution >= 4 is 29.1 Å². The largest absolute Gasteiger partial charge is 0.461 e. The van der Waals surface area contributed by atoms with Crippen molar-refractivity contribution in [2.75, 3.05) is 5.32 Å². The zero-order chi connectivity index (χ0) is 18.8. The molecular formula is C19H18N2O5. The Labute approximate surface area is 149 Å². The van der Waals surface area contributed by atoms with E-state index in [1.165, 1.54) is 37.3 Å². The van der Waals surface area contributed by atoms with E-state index in [9.17, 15) is 19.7 Å². The molecule has 1 amide bonds. The number of benzene rings is 1. The van der Waals surface area contributed by atoms with Gasteiger partial charge in [0.05, 0.1) is 10.5 Å². The van der Waals surface area contributed by atoms with Gasteiger partial charge >= 0.3 is 0 Å². The van der Waals surface area contributed by atoms with E-state index in [0.29, 0.717) is 23.3 Å². The fourth-order valence-corrected chi connectivity index (χ4v) is 2.70. The number of carbonyl (C=O) groups is 2. The molecular weight excluding hydrogens is 336 g/mol. The van der Waals surface area contributed by atoms with Gasteiger partial charge in [-0.25, -0.2) is 0 Å². The summed E-state index contributed by atoms with van der Waals surface area (Å²) in [6, 6.07) is 8.99. The Balaban J connectivity index is 1.76. The Morgan fingerprint density at radius 2 is 1.88 bits per heavy atom. The summed E-state index contributed by atoms with van der Waals surface area (Å²) in [6.45, 7) is 3.44. The molecule has 7 nitrogen and oxygen atoms in total. The Morgan fingerprint density at radius 1 is 1.23 bits per heavy atom. The predicted molar refractivity (Wildman–Crippen MR) is 95.6 cm³/mol. The number of ketones is 1. The lowest BCUT2D eigenvalue weighted by Gasteiger charge is -2.06. The highest BCUT2D eigenvalue weighted by molar-refractivity contribution is 6.25. The number of hydrogen-bond acceptors (Lipinski definition) is 5. The number of carbonyl (C=O) groups excluding carboxylic acids is 2. The van der Waals surface area contributed by atoms with Crippen LogP contribution in [0.3, 0.4) is 0 Å². The molecule has 2 atom stereocenters. The quantitative estimate of drug-likeness (QED) is 0.278. The molecule has 1 aromatic heterocycles. The van der Waals surface area contributed by atoms with Crippen LogP contribution in [0.1, 0.15) is 37.7 Å². The van der Waals surface area contributed by atoms with Crippen LogP contribution < -0.4 is 5.32 Å². The third-order valence-corrected chi connectivity index (χ3v) is 4.37. The Kier molecular flexibility index (Phi) is 4.71. The van der Waals surface area contributed by atoms with Gasteiger partial charge in [-0.3, -0.25) is 19.7 Å². The van der Waals surface area contributed by atoms with E-state index < -0.39 is 16.6 Å². The van der Waals surface area contributed by atoms with E-state index in [-0.39, 0.29) is 11.3 Å². The summed E-state index contributed by atoms with van der Waals surface area (Å²) in [4.78, 5) is 34.4. The molecule has 1 saturated carbocycles. The lowest BCUT2D eigenvalue weighted by Crippen LogP contribution is -2.18. The van der Waals surface area contributed by atoms with E-state index in [2.05, 4.69) is 12.2 Å². The zero-order valence-electron chi connectivity index (χ0n) is 14.4. The minimum absolute atomic E-state index is 0.0481. The minimum Gasteiger partial charge on any atom is -0.461 e. The second-order valence-electron chi connectivity index (χ2n) is 6.43. The van der Waals surface area contributed by atoms with Crippen molar-refractivity contribution in [2.24, 2.45) is 5.92 Å². The van der Waals surface area contributed by atoms with Crippen molar-refractivity contribution in [3.8, 4) is 0 Å². The van der Waals surface area contributed by atoms with Crippen LogP contribution in [0.4, 0.5) is 11.4 Å². The van der Waals surface area contributed by atoms with Crippen LogP contribution in [0.2, 0.25) is 0 Å². The molecule has 0 spiro atoms. The molecule has 0 aliphatic heterocycles. The fourth-order valence-electron chi connectivity index (χ4n) is 2.70. The van der Waals surface area contributed by atoms with Crippen LogP contribution in [-0.2, 0) is 9.59 Å². The number of amides is 1. The second-order valence-corrected chi connectivity index (χ2v) is 6.43. The van der Waals surface area contributed by atoms with Gasteiger partial charge < -0.3 is 9.73 Å². The third-order valence-electron chi connectivity index (χ3n) is 4.37. The maximum Gasteiger partial charge on any atom is 0.269 e. The molecule has 1 N–H and O–H groups in total. The molecule has 3 rings (SSSR count). The lowest BCUT2D eigenvalue weighted by molar-refractivity contribution is -0.384. The SMILES string of the molecule is CC(=O)/C(=C\c1ccc([C@@H]2C[C@@H]2C)o1)C(=O)Nc1ccc([N+](=O)[O-])cc1. The van der Waals surface area contributed by atoms with E-state index in [4.69, 9.17) is 4.42 Å². The maximum absolute atomic E-state index is 12.4. The highest BCUT2D eigenvalue weighted by Crippen LogP contribution is 2.47. The topological polar surface area (TPSA) is 102 Å². The predicted octanol–water partition coefficient (Wildman–Crippen LogP) is 3.92. The highest BCUT2D eigenvalue weighted by atomic mass is 16.6. The monoisotopic (exact) mass is 354 g/mol. The van der Waals surface area contributed by atoms with E-state index in [1.807, 2.05) is 6.07 Å². The van der Waals surface area contributed by atoms with Crippen molar-refractivity contribution in [1.29, 1.82) is 0 Å². The van der Waals surface area contributed by atoms with Gasteiger partial charge in [0.2, 0.25) is 0 Å². The highest BCUT2D eigenvalue weighted by Gasteiger charge is 2.36. The van der Waals surface area contributed by atoms with Gasteiger partial charge in [-0.05, 0) is 49.6 Å². The molecule has 1 aliphatic carbocycles. The molecule has 1 fully saturated rings. The first kappa shape index (κ1) is 17.6. The van der Waals surface area contributed by atoms with Crippen molar-refractivity contribution < 1.29 is 18.9 Å². The van der Waals surface area contributed by atoms with E-state index in [1.54, 1.807) is 6.07 Å². The van der Waals surface area contributed by atoms with Crippen LogP contribution in [0.15, 0.2) is 46.4 Å². The number of rotatable bonds is 6. The molecule has 1 aliphatic rings. The number of Topliss-reactive ketones (excluding diaryl/α,β-unsaturated/α-hetero) is 1. The molecule has 0 saturated heterocycles. The van der Waals surface area contributed by atoms with Crippen LogP contribution >= 0.6 is 0 Å². The summed E-state index contributed by atoms with van der Waals surface area (Å²) in [6.07, 6.45) is 2.50. The van der Waals surface area contributed by atoms with Gasteiger partial charge in [0.25, 0.3) is 11.6 Å². The molecule has 134 valence electrons. The molecule has 26 heavy (non-hydrogen) atoms. The summed E-state index contributed by atoms with van der Waals surface area (Å²) in [5.41, 5.74) is 0.232. The van der Waals surface area contributed by atoms with Crippen LogP contribution in [0, 0.1) is 16.0 Å². The number of anilines is 1. The van der Waals surface area contributed by atoms with Gasteiger partial charge in [0.15, 0.2) is 5.78 Å². The first-order valence-corrected chi connectivity index (χ1v) is 8.23. The Bertz CT molecular complexity index is 895. The minimum atomic E-state index is -0.593. The molecule has 0 bridgehead atoms. The lowest BCUT2D eigenvalue weighted by atomic mass is 10.1. The number of nitro benzene ring substituents is 1. The number of nitrogens with zero attached hydrogens (tertiary/aromatic N) is 1. The smallest absolute Gasteiger partial charge is 0.269 e. The van der Waals surface area contributed by atoms with E-state index in [0.717, 1.165) is 12.2 Å². The summed E-state index contributed by atoms with van der Waals surface area (Å²) in [5.74, 6) is 1.32. The van der Waals surface area contributed by atoms with Gasteiger partial charge in [-0.15, -0.1) is 0 Å². The zero-order valence-corrected chi connectivity index (χ0v) is 14.4. The van der Waals surface area contributed by atoms with Gasteiger partial charge in [-0.2, -0.15) is 0 Å². The average Bonchev–Trinajstić information content (AvgIpc) is 3.14. The number of nitro groups is 1.